The van der Waals surface area contributed by atoms with Crippen LogP contribution in [0.25, 0.3) is 22.0 Å². The predicted octanol–water partition coefficient (Wildman–Crippen LogP) is 5.13. The second kappa shape index (κ2) is 7.53. The van der Waals surface area contributed by atoms with Crippen LogP contribution in [-0.4, -0.2) is 24.2 Å². The molecule has 0 fully saturated rings. The lowest BCUT2D eigenvalue weighted by molar-refractivity contribution is 0.0522. The number of fused-ring (bicyclic) bond motifs is 1. The highest BCUT2D eigenvalue weighted by Crippen LogP contribution is 2.37. The van der Waals surface area contributed by atoms with Gasteiger partial charge >= 0.3 is 5.97 Å². The first kappa shape index (κ1) is 17.2. The number of hydrogen-bond donors (Lipinski definition) is 0. The smallest absolute Gasteiger partial charge is 0.344 e. The molecule has 0 unspecified atom stereocenters. The standard InChI is InChI=1S/C20H18ClNO3/c1-3-24-19-18(20(23)25-4-2)17(13-8-6-5-7-9-13)15-12-14(21)10-11-16(15)22-19/h5-12H,3-4H2,1-2H3. The number of pyridine rings is 1. The van der Waals surface area contributed by atoms with E-state index in [1.807, 2.05) is 49.4 Å². The first-order valence-electron chi connectivity index (χ1n) is 8.14. The van der Waals surface area contributed by atoms with Gasteiger partial charge in [-0.25, -0.2) is 9.78 Å². The van der Waals surface area contributed by atoms with Crippen molar-refractivity contribution in [3.8, 4) is 17.0 Å². The van der Waals surface area contributed by atoms with Gasteiger partial charge in [-0.3, -0.25) is 0 Å². The summed E-state index contributed by atoms with van der Waals surface area (Å²) in [7, 11) is 0. The summed E-state index contributed by atoms with van der Waals surface area (Å²) >= 11 is 6.20. The van der Waals surface area contributed by atoms with E-state index in [2.05, 4.69) is 4.98 Å². The Balaban J connectivity index is 2.41. The van der Waals surface area contributed by atoms with Gasteiger partial charge in [-0.1, -0.05) is 41.9 Å². The van der Waals surface area contributed by atoms with Gasteiger partial charge in [0.15, 0.2) is 0 Å². The van der Waals surface area contributed by atoms with Crippen molar-refractivity contribution in [1.29, 1.82) is 0 Å². The zero-order valence-corrected chi connectivity index (χ0v) is 14.8. The molecule has 0 N–H and O–H groups in total. The van der Waals surface area contributed by atoms with Crippen molar-refractivity contribution in [2.24, 2.45) is 0 Å². The van der Waals surface area contributed by atoms with Gasteiger partial charge in [0.1, 0.15) is 5.56 Å². The molecule has 2 aromatic carbocycles. The lowest BCUT2D eigenvalue weighted by Gasteiger charge is -2.16. The number of aromatic nitrogens is 1. The molecule has 0 aliphatic carbocycles. The number of ether oxygens (including phenoxy) is 2. The number of hydrogen-bond acceptors (Lipinski definition) is 4. The van der Waals surface area contributed by atoms with E-state index < -0.39 is 5.97 Å². The summed E-state index contributed by atoms with van der Waals surface area (Å²) in [6.07, 6.45) is 0. The fourth-order valence-corrected chi connectivity index (χ4v) is 2.92. The molecule has 1 heterocycles. The van der Waals surface area contributed by atoms with Crippen LogP contribution < -0.4 is 4.74 Å². The number of esters is 1. The lowest BCUT2D eigenvalue weighted by atomic mass is 9.96. The van der Waals surface area contributed by atoms with Crippen molar-refractivity contribution < 1.29 is 14.3 Å². The highest BCUT2D eigenvalue weighted by molar-refractivity contribution is 6.31. The maximum absolute atomic E-state index is 12.7. The SMILES string of the molecule is CCOC(=O)c1c(OCC)nc2ccc(Cl)cc2c1-c1ccccc1. The van der Waals surface area contributed by atoms with Crippen molar-refractivity contribution in [3.63, 3.8) is 0 Å². The summed E-state index contributed by atoms with van der Waals surface area (Å²) < 4.78 is 10.9. The van der Waals surface area contributed by atoms with Crippen molar-refractivity contribution in [2.45, 2.75) is 13.8 Å². The van der Waals surface area contributed by atoms with E-state index in [0.29, 0.717) is 22.7 Å². The molecule has 0 aliphatic heterocycles. The summed E-state index contributed by atoms with van der Waals surface area (Å²) in [6, 6.07) is 15.0. The number of carbonyl (C=O) groups excluding carboxylic acids is 1. The Morgan fingerprint density at radius 1 is 1.08 bits per heavy atom. The Morgan fingerprint density at radius 3 is 2.52 bits per heavy atom. The third kappa shape index (κ3) is 3.44. The average molecular weight is 356 g/mol. The molecule has 0 bridgehead atoms. The zero-order valence-electron chi connectivity index (χ0n) is 14.1. The van der Waals surface area contributed by atoms with Gasteiger partial charge in [0.05, 0.1) is 18.7 Å². The summed E-state index contributed by atoms with van der Waals surface area (Å²) in [5.74, 6) is -0.186. The number of rotatable bonds is 5. The highest BCUT2D eigenvalue weighted by atomic mass is 35.5. The maximum Gasteiger partial charge on any atom is 0.344 e. The van der Waals surface area contributed by atoms with Crippen molar-refractivity contribution in [1.82, 2.24) is 4.98 Å². The van der Waals surface area contributed by atoms with Crippen LogP contribution in [0.1, 0.15) is 24.2 Å². The maximum atomic E-state index is 12.7. The number of halogens is 1. The molecule has 0 amide bonds. The lowest BCUT2D eigenvalue weighted by Crippen LogP contribution is -2.11. The molecule has 0 spiro atoms. The molecular weight excluding hydrogens is 338 g/mol. The molecular formula is C20H18ClNO3. The topological polar surface area (TPSA) is 48.4 Å². The minimum Gasteiger partial charge on any atom is -0.477 e. The van der Waals surface area contributed by atoms with Crippen LogP contribution in [0.5, 0.6) is 5.88 Å². The fraction of sp³-hybridized carbons (Fsp3) is 0.200. The molecule has 128 valence electrons. The first-order valence-corrected chi connectivity index (χ1v) is 8.52. The summed E-state index contributed by atoms with van der Waals surface area (Å²) in [5.41, 5.74) is 2.63. The highest BCUT2D eigenvalue weighted by Gasteiger charge is 2.24. The van der Waals surface area contributed by atoms with Crippen molar-refractivity contribution >= 4 is 28.5 Å². The Labute approximate surface area is 151 Å². The third-order valence-electron chi connectivity index (χ3n) is 3.74. The number of benzene rings is 2. The first-order chi connectivity index (χ1) is 12.2. The monoisotopic (exact) mass is 355 g/mol. The van der Waals surface area contributed by atoms with E-state index in [9.17, 15) is 4.79 Å². The van der Waals surface area contributed by atoms with Gasteiger partial charge in [-0.15, -0.1) is 0 Å². The van der Waals surface area contributed by atoms with E-state index in [-0.39, 0.29) is 12.5 Å². The van der Waals surface area contributed by atoms with E-state index >= 15 is 0 Å². The van der Waals surface area contributed by atoms with Gasteiger partial charge in [0, 0.05) is 16.0 Å². The van der Waals surface area contributed by atoms with Crippen LogP contribution in [0.3, 0.4) is 0 Å². The van der Waals surface area contributed by atoms with Crippen LogP contribution in [0.2, 0.25) is 5.02 Å². The van der Waals surface area contributed by atoms with Crippen molar-refractivity contribution in [2.75, 3.05) is 13.2 Å². The molecule has 0 saturated heterocycles. The summed E-state index contributed by atoms with van der Waals surface area (Å²) in [5, 5.41) is 1.36. The third-order valence-corrected chi connectivity index (χ3v) is 3.97. The molecule has 1 aromatic heterocycles. The van der Waals surface area contributed by atoms with Gasteiger partial charge < -0.3 is 9.47 Å². The van der Waals surface area contributed by atoms with Crippen LogP contribution in [0, 0.1) is 0 Å². The number of carbonyl (C=O) groups is 1. The summed E-state index contributed by atoms with van der Waals surface area (Å²) in [6.45, 7) is 4.29. The van der Waals surface area contributed by atoms with Gasteiger partial charge in [-0.05, 0) is 37.6 Å². The molecule has 0 aliphatic rings. The predicted molar refractivity (Wildman–Crippen MR) is 99.3 cm³/mol. The second-order valence-electron chi connectivity index (χ2n) is 5.35. The fourth-order valence-electron chi connectivity index (χ4n) is 2.75. The van der Waals surface area contributed by atoms with Crippen LogP contribution in [0.15, 0.2) is 48.5 Å². The van der Waals surface area contributed by atoms with Crippen LogP contribution in [0.4, 0.5) is 0 Å². The molecule has 5 heteroatoms. The largest absolute Gasteiger partial charge is 0.477 e. The minimum atomic E-state index is -0.459. The Morgan fingerprint density at radius 2 is 1.84 bits per heavy atom. The van der Waals surface area contributed by atoms with Gasteiger partial charge in [0.25, 0.3) is 0 Å². The molecule has 25 heavy (non-hydrogen) atoms. The summed E-state index contributed by atoms with van der Waals surface area (Å²) in [4.78, 5) is 17.2. The van der Waals surface area contributed by atoms with E-state index in [0.717, 1.165) is 16.5 Å². The molecule has 4 nitrogen and oxygen atoms in total. The number of nitrogens with zero attached hydrogens (tertiary/aromatic N) is 1. The van der Waals surface area contributed by atoms with E-state index in [4.69, 9.17) is 21.1 Å². The quantitative estimate of drug-likeness (QED) is 0.595. The van der Waals surface area contributed by atoms with Crippen LogP contribution >= 0.6 is 11.6 Å². The van der Waals surface area contributed by atoms with E-state index in [1.165, 1.54) is 0 Å². The minimum absolute atomic E-state index is 0.270. The Hall–Kier alpha value is -2.59. The molecule has 0 radical (unpaired) electrons. The molecule has 0 saturated carbocycles. The van der Waals surface area contributed by atoms with Crippen LogP contribution in [-0.2, 0) is 4.74 Å². The second-order valence-corrected chi connectivity index (χ2v) is 5.78. The Bertz CT molecular complexity index is 910. The normalized spacial score (nSPS) is 10.7. The molecule has 3 rings (SSSR count). The van der Waals surface area contributed by atoms with E-state index in [1.54, 1.807) is 13.0 Å². The zero-order chi connectivity index (χ0) is 17.8. The van der Waals surface area contributed by atoms with Crippen molar-refractivity contribution in [3.05, 3.63) is 59.1 Å². The Kier molecular flexibility index (Phi) is 5.19. The van der Waals surface area contributed by atoms with Gasteiger partial charge in [0.2, 0.25) is 5.88 Å². The molecule has 3 aromatic rings. The molecule has 0 atom stereocenters. The van der Waals surface area contributed by atoms with Gasteiger partial charge in [-0.2, -0.15) is 0 Å². The average Bonchev–Trinajstić information content (AvgIpc) is 2.62.